The number of aryl methyl sites for hydroxylation is 1. The van der Waals surface area contributed by atoms with Crippen LogP contribution in [0.1, 0.15) is 24.5 Å². The minimum Gasteiger partial charge on any atom is -0.493 e. The average molecular weight is 340 g/mol. The van der Waals surface area contributed by atoms with Crippen molar-refractivity contribution in [2.45, 2.75) is 38.9 Å². The molecule has 6 heteroatoms. The van der Waals surface area contributed by atoms with Gasteiger partial charge in [-0.05, 0) is 43.5 Å². The minimum atomic E-state index is -4.20. The lowest BCUT2D eigenvalue weighted by atomic mass is 10.0. The molecule has 0 radical (unpaired) electrons. The Kier molecular flexibility index (Phi) is 5.67. The molecule has 0 heterocycles. The molecule has 0 saturated heterocycles. The van der Waals surface area contributed by atoms with Gasteiger partial charge in [0, 0.05) is 10.5 Å². The molecule has 1 atom stereocenters. The van der Waals surface area contributed by atoms with Crippen molar-refractivity contribution in [3.8, 4) is 5.75 Å². The number of nitrogens with two attached hydrogens (primary N) is 1. The van der Waals surface area contributed by atoms with E-state index in [2.05, 4.69) is 15.9 Å². The van der Waals surface area contributed by atoms with Gasteiger partial charge in [0.2, 0.25) is 0 Å². The number of halogens is 4. The quantitative estimate of drug-likeness (QED) is 0.880. The van der Waals surface area contributed by atoms with E-state index in [0.717, 1.165) is 15.6 Å². The fourth-order valence-corrected chi connectivity index (χ4v) is 2.39. The Morgan fingerprint density at radius 1 is 1.37 bits per heavy atom. The standard InChI is InChI=1S/C13H17BrF3NO/c1-8-5-11(14)7-10(6-9(2)18)12(8)19-4-3-13(15,16)17/h5,7,9H,3-4,6,18H2,1-2H3. The van der Waals surface area contributed by atoms with Crippen molar-refractivity contribution in [2.75, 3.05) is 6.61 Å². The van der Waals surface area contributed by atoms with Crippen LogP contribution in [0.3, 0.4) is 0 Å². The van der Waals surface area contributed by atoms with Gasteiger partial charge in [0.15, 0.2) is 0 Å². The molecule has 1 aromatic carbocycles. The lowest BCUT2D eigenvalue weighted by Crippen LogP contribution is -2.19. The normalized spacial score (nSPS) is 13.4. The van der Waals surface area contributed by atoms with E-state index in [1.807, 2.05) is 19.1 Å². The molecule has 0 bridgehead atoms. The van der Waals surface area contributed by atoms with Gasteiger partial charge >= 0.3 is 6.18 Å². The van der Waals surface area contributed by atoms with Crippen molar-refractivity contribution in [2.24, 2.45) is 5.73 Å². The van der Waals surface area contributed by atoms with Crippen LogP contribution in [-0.2, 0) is 6.42 Å². The molecule has 0 amide bonds. The summed E-state index contributed by atoms with van der Waals surface area (Å²) in [5.41, 5.74) is 7.36. The van der Waals surface area contributed by atoms with E-state index in [1.165, 1.54) is 0 Å². The minimum absolute atomic E-state index is 0.0846. The molecule has 1 rings (SSSR count). The summed E-state index contributed by atoms with van der Waals surface area (Å²) in [6.45, 7) is 3.27. The number of rotatable bonds is 5. The average Bonchev–Trinajstić information content (AvgIpc) is 2.19. The molecule has 0 aromatic heterocycles. The first-order chi connectivity index (χ1) is 8.69. The van der Waals surface area contributed by atoms with Gasteiger partial charge in [-0.3, -0.25) is 0 Å². The summed E-state index contributed by atoms with van der Waals surface area (Å²) in [7, 11) is 0. The van der Waals surface area contributed by atoms with E-state index in [4.69, 9.17) is 10.5 Å². The zero-order valence-corrected chi connectivity index (χ0v) is 12.4. The fraction of sp³-hybridized carbons (Fsp3) is 0.538. The van der Waals surface area contributed by atoms with E-state index in [-0.39, 0.29) is 12.6 Å². The summed E-state index contributed by atoms with van der Waals surface area (Å²) in [5, 5.41) is 0. The van der Waals surface area contributed by atoms with Crippen LogP contribution in [0.2, 0.25) is 0 Å². The van der Waals surface area contributed by atoms with Gasteiger partial charge in [0.25, 0.3) is 0 Å². The monoisotopic (exact) mass is 339 g/mol. The summed E-state index contributed by atoms with van der Waals surface area (Å²) in [5.74, 6) is 0.504. The van der Waals surface area contributed by atoms with Crippen LogP contribution < -0.4 is 10.5 Å². The molecule has 2 N–H and O–H groups in total. The van der Waals surface area contributed by atoms with Crippen molar-refractivity contribution < 1.29 is 17.9 Å². The van der Waals surface area contributed by atoms with Crippen LogP contribution in [0, 0.1) is 6.92 Å². The highest BCUT2D eigenvalue weighted by atomic mass is 79.9. The Morgan fingerprint density at radius 3 is 2.53 bits per heavy atom. The van der Waals surface area contributed by atoms with E-state index < -0.39 is 12.6 Å². The summed E-state index contributed by atoms with van der Waals surface area (Å²) >= 11 is 3.36. The smallest absolute Gasteiger partial charge is 0.392 e. The molecule has 108 valence electrons. The van der Waals surface area contributed by atoms with Gasteiger partial charge in [-0.1, -0.05) is 15.9 Å². The molecule has 0 aliphatic rings. The van der Waals surface area contributed by atoms with Gasteiger partial charge in [0.05, 0.1) is 13.0 Å². The third-order valence-electron chi connectivity index (χ3n) is 2.49. The van der Waals surface area contributed by atoms with E-state index >= 15 is 0 Å². The molecule has 1 unspecified atom stereocenters. The van der Waals surface area contributed by atoms with Crippen molar-refractivity contribution in [1.29, 1.82) is 0 Å². The number of hydrogen-bond acceptors (Lipinski definition) is 2. The maximum absolute atomic E-state index is 12.1. The maximum atomic E-state index is 12.1. The fourth-order valence-electron chi connectivity index (χ4n) is 1.77. The topological polar surface area (TPSA) is 35.2 Å². The second-order valence-electron chi connectivity index (χ2n) is 4.61. The molecule has 2 nitrogen and oxygen atoms in total. The van der Waals surface area contributed by atoms with Gasteiger partial charge in [-0.15, -0.1) is 0 Å². The highest BCUT2D eigenvalue weighted by molar-refractivity contribution is 9.10. The zero-order valence-electron chi connectivity index (χ0n) is 10.9. The Hall–Kier alpha value is -0.750. The summed E-state index contributed by atoms with van der Waals surface area (Å²) < 4.78 is 42.5. The van der Waals surface area contributed by atoms with Gasteiger partial charge < -0.3 is 10.5 Å². The molecule has 0 aliphatic carbocycles. The molecule has 19 heavy (non-hydrogen) atoms. The first-order valence-corrected chi connectivity index (χ1v) is 6.72. The van der Waals surface area contributed by atoms with Gasteiger partial charge in [0.1, 0.15) is 5.75 Å². The molecule has 0 spiro atoms. The SMILES string of the molecule is Cc1cc(Br)cc(CC(C)N)c1OCCC(F)(F)F. The molecular formula is C13H17BrF3NO. The lowest BCUT2D eigenvalue weighted by Gasteiger charge is -2.17. The van der Waals surface area contributed by atoms with Crippen LogP contribution in [0.4, 0.5) is 13.2 Å². The second-order valence-corrected chi connectivity index (χ2v) is 5.52. The van der Waals surface area contributed by atoms with Crippen LogP contribution in [0.5, 0.6) is 5.75 Å². The van der Waals surface area contributed by atoms with Crippen LogP contribution in [0.15, 0.2) is 16.6 Å². The largest absolute Gasteiger partial charge is 0.493 e. The maximum Gasteiger partial charge on any atom is 0.392 e. The number of hydrogen-bond donors (Lipinski definition) is 1. The number of alkyl halides is 3. The van der Waals surface area contributed by atoms with Crippen molar-refractivity contribution in [3.05, 3.63) is 27.7 Å². The summed E-state index contributed by atoms with van der Waals surface area (Å²) in [6.07, 6.45) is -4.60. The predicted molar refractivity (Wildman–Crippen MR) is 72.4 cm³/mol. The number of benzene rings is 1. The van der Waals surface area contributed by atoms with E-state index in [1.54, 1.807) is 6.92 Å². The third kappa shape index (κ3) is 5.82. The third-order valence-corrected chi connectivity index (χ3v) is 2.95. The predicted octanol–water partition coefficient (Wildman–Crippen LogP) is 3.98. The highest BCUT2D eigenvalue weighted by Crippen LogP contribution is 2.30. The Balaban J connectivity index is 2.85. The second kappa shape index (κ2) is 6.61. The molecule has 0 aliphatic heterocycles. The van der Waals surface area contributed by atoms with Crippen LogP contribution in [0.25, 0.3) is 0 Å². The molecule has 1 aromatic rings. The Labute approximate surface area is 119 Å². The molecular weight excluding hydrogens is 323 g/mol. The Bertz CT molecular complexity index is 433. The lowest BCUT2D eigenvalue weighted by molar-refractivity contribution is -0.139. The first kappa shape index (κ1) is 16.3. The zero-order chi connectivity index (χ0) is 14.6. The van der Waals surface area contributed by atoms with E-state index in [0.29, 0.717) is 12.2 Å². The first-order valence-electron chi connectivity index (χ1n) is 5.93. The van der Waals surface area contributed by atoms with Crippen molar-refractivity contribution >= 4 is 15.9 Å². The van der Waals surface area contributed by atoms with Crippen molar-refractivity contribution in [1.82, 2.24) is 0 Å². The number of ether oxygens (including phenoxy) is 1. The summed E-state index contributed by atoms with van der Waals surface area (Å²) in [6, 6.07) is 3.56. The summed E-state index contributed by atoms with van der Waals surface area (Å²) in [4.78, 5) is 0. The molecule has 0 saturated carbocycles. The van der Waals surface area contributed by atoms with Crippen LogP contribution in [-0.4, -0.2) is 18.8 Å². The Morgan fingerprint density at radius 2 is 2.00 bits per heavy atom. The van der Waals surface area contributed by atoms with E-state index in [9.17, 15) is 13.2 Å². The van der Waals surface area contributed by atoms with Gasteiger partial charge in [-0.25, -0.2) is 0 Å². The highest BCUT2D eigenvalue weighted by Gasteiger charge is 2.27. The van der Waals surface area contributed by atoms with Gasteiger partial charge in [-0.2, -0.15) is 13.2 Å². The van der Waals surface area contributed by atoms with Crippen molar-refractivity contribution in [3.63, 3.8) is 0 Å². The van der Waals surface area contributed by atoms with Crippen LogP contribution >= 0.6 is 15.9 Å². The molecule has 0 fully saturated rings.